The first-order valence-corrected chi connectivity index (χ1v) is 7.26. The van der Waals surface area contributed by atoms with Crippen LogP contribution in [0.15, 0.2) is 46.9 Å². The predicted molar refractivity (Wildman–Crippen MR) is 85.2 cm³/mol. The number of halogens is 2. The predicted octanol–water partition coefficient (Wildman–Crippen LogP) is 3.92. The highest BCUT2D eigenvalue weighted by molar-refractivity contribution is 9.10. The second kappa shape index (κ2) is 6.45. The van der Waals surface area contributed by atoms with E-state index in [0.717, 1.165) is 15.9 Å². The molecule has 0 aliphatic carbocycles. The van der Waals surface area contributed by atoms with Crippen molar-refractivity contribution in [3.63, 3.8) is 0 Å². The van der Waals surface area contributed by atoms with E-state index >= 15 is 0 Å². The van der Waals surface area contributed by atoms with Gasteiger partial charge in [0, 0.05) is 15.7 Å². The fourth-order valence-corrected chi connectivity index (χ4v) is 2.47. The van der Waals surface area contributed by atoms with Crippen molar-refractivity contribution in [1.82, 2.24) is 0 Å². The Labute approximate surface area is 131 Å². The number of methoxy groups -OCH3 is 1. The number of aliphatic hydroxyl groups is 1. The van der Waals surface area contributed by atoms with Crippen molar-refractivity contribution in [3.05, 3.63) is 58.3 Å². The van der Waals surface area contributed by atoms with Crippen LogP contribution in [0.1, 0.15) is 12.5 Å². The molecule has 0 aliphatic rings. The molecule has 0 radical (unpaired) electrons. The van der Waals surface area contributed by atoms with E-state index < -0.39 is 5.54 Å². The topological polar surface area (TPSA) is 41.5 Å². The van der Waals surface area contributed by atoms with Gasteiger partial charge in [-0.2, -0.15) is 0 Å². The average molecular weight is 354 g/mol. The number of hydrogen-bond acceptors (Lipinski definition) is 3. The Bertz CT molecular complexity index is 618. The second-order valence-electron chi connectivity index (χ2n) is 4.97. The molecule has 2 rings (SSSR count). The van der Waals surface area contributed by atoms with Gasteiger partial charge in [0.2, 0.25) is 0 Å². The molecule has 21 heavy (non-hydrogen) atoms. The molecule has 3 nitrogen and oxygen atoms in total. The third-order valence-electron chi connectivity index (χ3n) is 3.35. The summed E-state index contributed by atoms with van der Waals surface area (Å²) in [7, 11) is 1.59. The van der Waals surface area contributed by atoms with Crippen molar-refractivity contribution < 1.29 is 14.2 Å². The van der Waals surface area contributed by atoms with Crippen molar-refractivity contribution in [1.29, 1.82) is 0 Å². The van der Waals surface area contributed by atoms with Gasteiger partial charge in [-0.25, -0.2) is 4.39 Å². The van der Waals surface area contributed by atoms with Gasteiger partial charge in [0.1, 0.15) is 11.6 Å². The molecule has 0 bridgehead atoms. The van der Waals surface area contributed by atoms with E-state index in [1.54, 1.807) is 38.3 Å². The quantitative estimate of drug-likeness (QED) is 0.855. The molecule has 5 heteroatoms. The molecule has 0 saturated heterocycles. The Balaban J connectivity index is 2.33. The molecule has 2 aromatic rings. The number of ether oxygens (including phenoxy) is 1. The van der Waals surface area contributed by atoms with Crippen molar-refractivity contribution in [2.45, 2.75) is 12.5 Å². The minimum atomic E-state index is -0.928. The Morgan fingerprint density at radius 3 is 2.48 bits per heavy atom. The van der Waals surface area contributed by atoms with Crippen LogP contribution in [0.4, 0.5) is 10.1 Å². The zero-order valence-corrected chi connectivity index (χ0v) is 13.4. The number of aliphatic hydroxyl groups excluding tert-OH is 1. The van der Waals surface area contributed by atoms with E-state index in [2.05, 4.69) is 21.2 Å². The fraction of sp³-hybridized carbons (Fsp3) is 0.250. The molecule has 112 valence electrons. The maximum absolute atomic E-state index is 14.1. The number of rotatable bonds is 5. The molecule has 1 unspecified atom stereocenters. The van der Waals surface area contributed by atoms with Crippen LogP contribution in [0.2, 0.25) is 0 Å². The van der Waals surface area contributed by atoms with E-state index in [4.69, 9.17) is 4.74 Å². The summed E-state index contributed by atoms with van der Waals surface area (Å²) < 4.78 is 19.9. The molecule has 0 spiro atoms. The van der Waals surface area contributed by atoms with Crippen LogP contribution in [0.25, 0.3) is 0 Å². The maximum atomic E-state index is 14.1. The first kappa shape index (κ1) is 15.8. The summed E-state index contributed by atoms with van der Waals surface area (Å²) in [5.74, 6) is 0.371. The summed E-state index contributed by atoms with van der Waals surface area (Å²) in [6, 6.07) is 11.9. The monoisotopic (exact) mass is 353 g/mol. The van der Waals surface area contributed by atoms with Crippen molar-refractivity contribution in [2.75, 3.05) is 19.0 Å². The number of anilines is 1. The summed E-state index contributed by atoms with van der Waals surface area (Å²) in [4.78, 5) is 0. The van der Waals surface area contributed by atoms with Crippen LogP contribution in [-0.2, 0) is 5.54 Å². The van der Waals surface area contributed by atoms with E-state index in [0.29, 0.717) is 5.56 Å². The summed E-state index contributed by atoms with van der Waals surface area (Å²) in [5.41, 5.74) is 0.240. The Kier molecular flexibility index (Phi) is 4.85. The van der Waals surface area contributed by atoms with Crippen LogP contribution in [0.3, 0.4) is 0 Å². The zero-order valence-electron chi connectivity index (χ0n) is 11.9. The van der Waals surface area contributed by atoms with Gasteiger partial charge in [0.05, 0.1) is 19.3 Å². The third kappa shape index (κ3) is 3.54. The van der Waals surface area contributed by atoms with Gasteiger partial charge >= 0.3 is 0 Å². The average Bonchev–Trinajstić information content (AvgIpc) is 2.50. The second-order valence-corrected chi connectivity index (χ2v) is 5.88. The lowest BCUT2D eigenvalue weighted by Gasteiger charge is -2.31. The van der Waals surface area contributed by atoms with Gasteiger partial charge < -0.3 is 15.2 Å². The van der Waals surface area contributed by atoms with Crippen LogP contribution >= 0.6 is 15.9 Å². The third-order valence-corrected chi connectivity index (χ3v) is 3.84. The lowest BCUT2D eigenvalue weighted by atomic mass is 9.92. The molecule has 1 atom stereocenters. The number of benzene rings is 2. The van der Waals surface area contributed by atoms with Crippen LogP contribution in [-0.4, -0.2) is 18.8 Å². The van der Waals surface area contributed by atoms with Crippen molar-refractivity contribution in [2.24, 2.45) is 0 Å². The Morgan fingerprint density at radius 1 is 1.24 bits per heavy atom. The van der Waals surface area contributed by atoms with Gasteiger partial charge in [-0.15, -0.1) is 0 Å². The van der Waals surface area contributed by atoms with Crippen molar-refractivity contribution in [3.8, 4) is 5.75 Å². The highest BCUT2D eigenvalue weighted by Crippen LogP contribution is 2.30. The molecule has 0 aromatic heterocycles. The molecule has 0 fully saturated rings. The SMILES string of the molecule is COc1ccc(NC(C)(CO)c2cc(Br)ccc2F)cc1. The smallest absolute Gasteiger partial charge is 0.128 e. The van der Waals surface area contributed by atoms with Gasteiger partial charge in [-0.05, 0) is 49.4 Å². The molecule has 0 saturated carbocycles. The highest BCUT2D eigenvalue weighted by Gasteiger charge is 2.29. The molecule has 2 N–H and O–H groups in total. The molecule has 0 heterocycles. The molecule has 0 aliphatic heterocycles. The minimum Gasteiger partial charge on any atom is -0.497 e. The molecular formula is C16H17BrFNO2. The molecule has 2 aromatic carbocycles. The normalized spacial score (nSPS) is 13.6. The summed E-state index contributed by atoms with van der Waals surface area (Å²) in [6.45, 7) is 1.51. The lowest BCUT2D eigenvalue weighted by Crippen LogP contribution is -2.36. The van der Waals surface area contributed by atoms with Gasteiger partial charge in [0.15, 0.2) is 0 Å². The van der Waals surface area contributed by atoms with E-state index in [1.165, 1.54) is 6.07 Å². The standard InChI is InChI=1S/C16H17BrFNO2/c1-16(10-20,14-9-11(17)3-8-15(14)18)19-12-4-6-13(21-2)7-5-12/h3-9,19-20H,10H2,1-2H3. The summed E-state index contributed by atoms with van der Waals surface area (Å²) in [5, 5.41) is 12.9. The Hall–Kier alpha value is -1.59. The Morgan fingerprint density at radius 2 is 1.90 bits per heavy atom. The molecule has 0 amide bonds. The van der Waals surface area contributed by atoms with Crippen molar-refractivity contribution >= 4 is 21.6 Å². The van der Waals surface area contributed by atoms with E-state index in [1.807, 2.05) is 12.1 Å². The summed E-state index contributed by atoms with van der Waals surface area (Å²) >= 11 is 3.33. The number of hydrogen-bond donors (Lipinski definition) is 2. The van der Waals surface area contributed by atoms with Gasteiger partial charge in [0.25, 0.3) is 0 Å². The minimum absolute atomic E-state index is 0.244. The lowest BCUT2D eigenvalue weighted by molar-refractivity contribution is 0.220. The van der Waals surface area contributed by atoms with Gasteiger partial charge in [-0.3, -0.25) is 0 Å². The first-order valence-electron chi connectivity index (χ1n) is 6.47. The van der Waals surface area contributed by atoms with Crippen LogP contribution < -0.4 is 10.1 Å². The number of nitrogens with one attached hydrogen (secondary N) is 1. The van der Waals surface area contributed by atoms with Crippen LogP contribution in [0, 0.1) is 5.82 Å². The van der Waals surface area contributed by atoms with Gasteiger partial charge in [-0.1, -0.05) is 15.9 Å². The fourth-order valence-electron chi connectivity index (χ4n) is 2.11. The highest BCUT2D eigenvalue weighted by atomic mass is 79.9. The summed E-state index contributed by atoms with van der Waals surface area (Å²) in [6.07, 6.45) is 0. The zero-order chi connectivity index (χ0) is 15.5. The molecular weight excluding hydrogens is 337 g/mol. The first-order chi connectivity index (χ1) is 9.98. The maximum Gasteiger partial charge on any atom is 0.128 e. The van der Waals surface area contributed by atoms with E-state index in [-0.39, 0.29) is 12.4 Å². The van der Waals surface area contributed by atoms with Crippen LogP contribution in [0.5, 0.6) is 5.75 Å². The van der Waals surface area contributed by atoms with E-state index in [9.17, 15) is 9.50 Å². The largest absolute Gasteiger partial charge is 0.497 e.